The lowest BCUT2D eigenvalue weighted by molar-refractivity contribution is 1.22. The molecule has 0 fully saturated rings. The van der Waals surface area contributed by atoms with Crippen LogP contribution in [0.4, 0.5) is 0 Å². The van der Waals surface area contributed by atoms with Crippen LogP contribution in [0.5, 0.6) is 0 Å². The second kappa shape index (κ2) is 4.77. The molecule has 1 heteroatoms. The van der Waals surface area contributed by atoms with Crippen molar-refractivity contribution in [1.29, 1.82) is 0 Å². The topological polar surface area (TPSA) is 4.93 Å². The maximum Gasteiger partial charge on any atom is 0.0525 e. The number of rotatable bonds is 2. The van der Waals surface area contributed by atoms with E-state index in [1.54, 1.807) is 0 Å². The molecule has 0 aliphatic heterocycles. The molecule has 0 aliphatic carbocycles. The lowest BCUT2D eigenvalue weighted by Crippen LogP contribution is -1.82. The third-order valence-electron chi connectivity index (χ3n) is 3.44. The van der Waals surface area contributed by atoms with Crippen molar-refractivity contribution in [1.82, 2.24) is 4.57 Å². The summed E-state index contributed by atoms with van der Waals surface area (Å²) in [6.07, 6.45) is 6.45. The van der Waals surface area contributed by atoms with Crippen molar-refractivity contribution in [2.24, 2.45) is 0 Å². The molecule has 0 aliphatic rings. The third kappa shape index (κ3) is 2.32. The number of benzene rings is 2. The number of nitrogens with zero attached hydrogens (tertiary/aromatic N) is 1. The van der Waals surface area contributed by atoms with E-state index >= 15 is 0 Å². The first-order chi connectivity index (χ1) is 9.24. The van der Waals surface area contributed by atoms with Crippen molar-refractivity contribution in [3.8, 4) is 0 Å². The largest absolute Gasteiger partial charge is 0.323 e. The Bertz CT molecular complexity index is 730. The Labute approximate surface area is 113 Å². The van der Waals surface area contributed by atoms with E-state index < -0.39 is 0 Å². The Morgan fingerprint density at radius 2 is 1.63 bits per heavy atom. The van der Waals surface area contributed by atoms with Gasteiger partial charge >= 0.3 is 0 Å². The van der Waals surface area contributed by atoms with Gasteiger partial charge in [-0.2, -0.15) is 0 Å². The molecule has 19 heavy (non-hydrogen) atoms. The Hall–Kier alpha value is -2.28. The van der Waals surface area contributed by atoms with E-state index in [0.29, 0.717) is 0 Å². The van der Waals surface area contributed by atoms with Crippen LogP contribution in [-0.2, 0) is 0 Å². The summed E-state index contributed by atoms with van der Waals surface area (Å²) in [6.45, 7) is 4.26. The molecule has 0 saturated heterocycles. The van der Waals surface area contributed by atoms with Gasteiger partial charge in [-0.1, -0.05) is 48.0 Å². The molecule has 0 unspecified atom stereocenters. The van der Waals surface area contributed by atoms with E-state index in [9.17, 15) is 0 Å². The number of para-hydroxylation sites is 1. The smallest absolute Gasteiger partial charge is 0.0525 e. The molecule has 3 aromatic rings. The first-order valence-corrected chi connectivity index (χ1v) is 6.55. The van der Waals surface area contributed by atoms with Gasteiger partial charge < -0.3 is 4.57 Å². The lowest BCUT2D eigenvalue weighted by Gasteiger charge is -1.98. The van der Waals surface area contributed by atoms with Gasteiger partial charge in [-0.15, -0.1) is 0 Å². The highest BCUT2D eigenvalue weighted by atomic mass is 14.9. The summed E-state index contributed by atoms with van der Waals surface area (Å²) in [6, 6.07) is 17.1. The predicted molar refractivity (Wildman–Crippen MR) is 83.1 cm³/mol. The van der Waals surface area contributed by atoms with Gasteiger partial charge in [0.1, 0.15) is 0 Å². The summed E-state index contributed by atoms with van der Waals surface area (Å²) in [7, 11) is 0. The van der Waals surface area contributed by atoms with Crippen LogP contribution in [-0.4, -0.2) is 4.57 Å². The SMILES string of the molecule is Cc1ccc(/C=C\n2cc(C)c3ccccc32)cc1. The Morgan fingerprint density at radius 1 is 0.895 bits per heavy atom. The summed E-state index contributed by atoms with van der Waals surface area (Å²) in [4.78, 5) is 0. The molecule has 0 atom stereocenters. The summed E-state index contributed by atoms with van der Waals surface area (Å²) < 4.78 is 2.19. The average molecular weight is 247 g/mol. The van der Waals surface area contributed by atoms with Gasteiger partial charge in [-0.3, -0.25) is 0 Å². The summed E-state index contributed by atoms with van der Waals surface area (Å²) in [5.74, 6) is 0. The molecule has 0 bridgehead atoms. The molecule has 0 spiro atoms. The highest BCUT2D eigenvalue weighted by Crippen LogP contribution is 2.21. The molecule has 3 rings (SSSR count). The van der Waals surface area contributed by atoms with E-state index in [0.717, 1.165) is 0 Å². The fourth-order valence-corrected chi connectivity index (χ4v) is 2.35. The van der Waals surface area contributed by atoms with Crippen LogP contribution in [0.1, 0.15) is 16.7 Å². The van der Waals surface area contributed by atoms with Gasteiger partial charge in [-0.05, 0) is 37.1 Å². The predicted octanol–water partition coefficient (Wildman–Crippen LogP) is 4.89. The Morgan fingerprint density at radius 3 is 2.42 bits per heavy atom. The monoisotopic (exact) mass is 247 g/mol. The van der Waals surface area contributed by atoms with Gasteiger partial charge in [-0.25, -0.2) is 0 Å². The van der Waals surface area contributed by atoms with Crippen LogP contribution >= 0.6 is 0 Å². The number of hydrogen-bond donors (Lipinski definition) is 0. The standard InChI is InChI=1S/C18H17N/c1-14-7-9-16(10-8-14)11-12-19-13-15(2)17-5-3-4-6-18(17)19/h3-13H,1-2H3/b12-11-. The summed E-state index contributed by atoms with van der Waals surface area (Å²) in [5.41, 5.74) is 5.08. The molecule has 94 valence electrons. The van der Waals surface area contributed by atoms with Crippen molar-refractivity contribution < 1.29 is 0 Å². The van der Waals surface area contributed by atoms with Crippen LogP contribution in [0.2, 0.25) is 0 Å². The zero-order valence-electron chi connectivity index (χ0n) is 11.3. The van der Waals surface area contributed by atoms with Crippen molar-refractivity contribution in [3.63, 3.8) is 0 Å². The van der Waals surface area contributed by atoms with Crippen LogP contribution in [0.25, 0.3) is 23.2 Å². The van der Waals surface area contributed by atoms with Crippen molar-refractivity contribution in [2.75, 3.05) is 0 Å². The second-order valence-electron chi connectivity index (χ2n) is 4.96. The molecule has 0 amide bonds. The third-order valence-corrected chi connectivity index (χ3v) is 3.44. The summed E-state index contributed by atoms with van der Waals surface area (Å²) in [5, 5.41) is 1.32. The first-order valence-electron chi connectivity index (χ1n) is 6.55. The zero-order chi connectivity index (χ0) is 13.2. The molecular formula is C18H17N. The van der Waals surface area contributed by atoms with Crippen LogP contribution < -0.4 is 0 Å². The normalized spacial score (nSPS) is 11.5. The van der Waals surface area contributed by atoms with Gasteiger partial charge in [0.25, 0.3) is 0 Å². The van der Waals surface area contributed by atoms with Gasteiger partial charge in [0.2, 0.25) is 0 Å². The quantitative estimate of drug-likeness (QED) is 0.608. The lowest BCUT2D eigenvalue weighted by atomic mass is 10.1. The average Bonchev–Trinajstić information content (AvgIpc) is 2.76. The molecule has 1 nitrogen and oxygen atoms in total. The molecular weight excluding hydrogens is 230 g/mol. The minimum Gasteiger partial charge on any atom is -0.323 e. The number of fused-ring (bicyclic) bond motifs is 1. The van der Waals surface area contributed by atoms with Crippen LogP contribution in [0.15, 0.2) is 54.7 Å². The minimum absolute atomic E-state index is 1.22. The van der Waals surface area contributed by atoms with E-state index in [-0.39, 0.29) is 0 Å². The van der Waals surface area contributed by atoms with E-state index in [1.807, 2.05) is 0 Å². The molecule has 0 radical (unpaired) electrons. The van der Waals surface area contributed by atoms with Gasteiger partial charge in [0.05, 0.1) is 5.52 Å². The minimum atomic E-state index is 1.22. The van der Waals surface area contributed by atoms with Crippen molar-refractivity contribution in [3.05, 3.63) is 71.4 Å². The van der Waals surface area contributed by atoms with Crippen molar-refractivity contribution >= 4 is 23.2 Å². The van der Waals surface area contributed by atoms with Crippen molar-refractivity contribution in [2.45, 2.75) is 13.8 Å². The van der Waals surface area contributed by atoms with E-state index in [4.69, 9.17) is 0 Å². The molecule has 0 saturated carbocycles. The number of aromatic nitrogens is 1. The fourth-order valence-electron chi connectivity index (χ4n) is 2.35. The molecule has 0 N–H and O–H groups in total. The maximum atomic E-state index is 2.19. The molecule has 1 aromatic heterocycles. The van der Waals surface area contributed by atoms with E-state index in [1.165, 1.54) is 27.6 Å². The summed E-state index contributed by atoms with van der Waals surface area (Å²) >= 11 is 0. The zero-order valence-corrected chi connectivity index (χ0v) is 11.3. The first kappa shape index (κ1) is 11.8. The van der Waals surface area contributed by atoms with Gasteiger partial charge in [0.15, 0.2) is 0 Å². The van der Waals surface area contributed by atoms with Crippen LogP contribution in [0, 0.1) is 13.8 Å². The highest BCUT2D eigenvalue weighted by Gasteiger charge is 2.01. The Kier molecular flexibility index (Phi) is 2.96. The van der Waals surface area contributed by atoms with Crippen LogP contribution in [0.3, 0.4) is 0 Å². The van der Waals surface area contributed by atoms with E-state index in [2.05, 4.69) is 85.4 Å². The Balaban J connectivity index is 1.99. The molecule has 1 heterocycles. The maximum absolute atomic E-state index is 2.19. The fraction of sp³-hybridized carbons (Fsp3) is 0.111. The number of hydrogen-bond acceptors (Lipinski definition) is 0. The number of aryl methyl sites for hydroxylation is 2. The second-order valence-corrected chi connectivity index (χ2v) is 4.96. The highest BCUT2D eigenvalue weighted by molar-refractivity contribution is 5.86. The molecule has 2 aromatic carbocycles. The van der Waals surface area contributed by atoms with Gasteiger partial charge in [0, 0.05) is 17.8 Å².